The lowest BCUT2D eigenvalue weighted by Gasteiger charge is -2.26. The minimum atomic E-state index is 1.09. The Kier molecular flexibility index (Phi) is 11.6. The van der Waals surface area contributed by atoms with Crippen molar-refractivity contribution in [1.29, 1.82) is 0 Å². The molecule has 0 heterocycles. The van der Waals surface area contributed by atoms with Gasteiger partial charge < -0.3 is 14.7 Å². The molecule has 3 heteroatoms. The van der Waals surface area contributed by atoms with Gasteiger partial charge >= 0.3 is 0 Å². The lowest BCUT2D eigenvalue weighted by atomic mass is 9.99. The summed E-state index contributed by atoms with van der Waals surface area (Å²) in [7, 11) is 0. The third kappa shape index (κ3) is 8.92. The van der Waals surface area contributed by atoms with E-state index in [1.165, 1.54) is 54.9 Å². The van der Waals surface area contributed by atoms with Gasteiger partial charge in [0, 0.05) is 51.2 Å². The Labute approximate surface area is 416 Å². The molecule has 12 aromatic carbocycles. The molecule has 336 valence electrons. The fourth-order valence-electron chi connectivity index (χ4n) is 9.79. The van der Waals surface area contributed by atoms with E-state index in [1.807, 2.05) is 0 Å². The predicted molar refractivity (Wildman–Crippen MR) is 302 cm³/mol. The van der Waals surface area contributed by atoms with Crippen LogP contribution in [0.5, 0.6) is 0 Å². The Morgan fingerprint density at radius 2 is 0.352 bits per heavy atom. The summed E-state index contributed by atoms with van der Waals surface area (Å²) in [6, 6.07) is 107. The van der Waals surface area contributed by atoms with Gasteiger partial charge in [0.05, 0.1) is 0 Å². The number of rotatable bonds is 12. The molecule has 3 nitrogen and oxygen atoms in total. The van der Waals surface area contributed by atoms with E-state index in [-0.39, 0.29) is 0 Å². The third-order valence-electron chi connectivity index (χ3n) is 13.4. The van der Waals surface area contributed by atoms with Gasteiger partial charge in [0.25, 0.3) is 0 Å². The summed E-state index contributed by atoms with van der Waals surface area (Å²) in [5.41, 5.74) is 17.1. The van der Waals surface area contributed by atoms with Crippen LogP contribution in [0.15, 0.2) is 297 Å². The largest absolute Gasteiger partial charge is 0.311 e. The summed E-state index contributed by atoms with van der Waals surface area (Å²) in [6.45, 7) is 0. The lowest BCUT2D eigenvalue weighted by molar-refractivity contribution is 1.28. The minimum absolute atomic E-state index is 1.09. The number of hydrogen-bond donors (Lipinski definition) is 0. The topological polar surface area (TPSA) is 9.72 Å². The van der Waals surface area contributed by atoms with E-state index in [9.17, 15) is 0 Å². The van der Waals surface area contributed by atoms with Crippen molar-refractivity contribution in [1.82, 2.24) is 0 Å². The molecule has 0 saturated heterocycles. The molecule has 0 radical (unpaired) electrons. The number of fused-ring (bicyclic) bond motifs is 2. The molecule has 12 rings (SSSR count). The Morgan fingerprint density at radius 1 is 0.141 bits per heavy atom. The summed E-state index contributed by atoms with van der Waals surface area (Å²) in [5, 5.41) is 4.79. The van der Waals surface area contributed by atoms with E-state index in [0.717, 1.165) is 51.2 Å². The van der Waals surface area contributed by atoms with Gasteiger partial charge in [-0.3, -0.25) is 0 Å². The maximum Gasteiger partial charge on any atom is 0.0468 e. The predicted octanol–water partition coefficient (Wildman–Crippen LogP) is 19.4. The highest BCUT2D eigenvalue weighted by Gasteiger charge is 2.17. The van der Waals surface area contributed by atoms with Crippen LogP contribution in [0.25, 0.3) is 54.9 Å². The molecule has 0 spiro atoms. The first kappa shape index (κ1) is 42.9. The van der Waals surface area contributed by atoms with Crippen molar-refractivity contribution < 1.29 is 0 Å². The highest BCUT2D eigenvalue weighted by Crippen LogP contribution is 2.41. The van der Waals surface area contributed by atoms with Gasteiger partial charge in [0.2, 0.25) is 0 Å². The summed E-state index contributed by atoms with van der Waals surface area (Å²) in [6.07, 6.45) is 0. The smallest absolute Gasteiger partial charge is 0.0468 e. The van der Waals surface area contributed by atoms with Gasteiger partial charge in [-0.25, -0.2) is 0 Å². The number of anilines is 9. The summed E-state index contributed by atoms with van der Waals surface area (Å²) in [4.78, 5) is 6.97. The molecule has 12 aromatic rings. The van der Waals surface area contributed by atoms with E-state index in [1.54, 1.807) is 0 Å². The van der Waals surface area contributed by atoms with Crippen LogP contribution in [0.1, 0.15) is 0 Å². The Hall–Kier alpha value is -9.44. The first-order valence-electron chi connectivity index (χ1n) is 24.2. The molecule has 0 unspecified atom stereocenters. The first-order chi connectivity index (χ1) is 35.2. The molecule has 0 amide bonds. The maximum absolute atomic E-state index is 2.35. The molecule has 0 atom stereocenters. The van der Waals surface area contributed by atoms with E-state index < -0.39 is 0 Å². The molecular weight excluding hydrogens is 859 g/mol. The van der Waals surface area contributed by atoms with Gasteiger partial charge in [0.15, 0.2) is 0 Å². The van der Waals surface area contributed by atoms with Gasteiger partial charge in [0.1, 0.15) is 0 Å². The summed E-state index contributed by atoms with van der Waals surface area (Å²) < 4.78 is 0. The van der Waals surface area contributed by atoms with E-state index >= 15 is 0 Å². The second-order valence-corrected chi connectivity index (χ2v) is 17.8. The van der Waals surface area contributed by atoms with Crippen molar-refractivity contribution in [2.45, 2.75) is 0 Å². The average molecular weight is 908 g/mol. The van der Waals surface area contributed by atoms with Gasteiger partial charge in [-0.05, 0) is 176 Å². The van der Waals surface area contributed by atoms with Crippen LogP contribution in [-0.2, 0) is 0 Å². The lowest BCUT2D eigenvalue weighted by Crippen LogP contribution is -2.09. The average Bonchev–Trinajstić information content (AvgIpc) is 3.45. The monoisotopic (exact) mass is 907 g/mol. The number of para-hydroxylation sites is 4. The van der Waals surface area contributed by atoms with Crippen molar-refractivity contribution in [3.8, 4) is 33.4 Å². The zero-order valence-electron chi connectivity index (χ0n) is 39.1. The van der Waals surface area contributed by atoms with Crippen LogP contribution < -0.4 is 14.7 Å². The molecule has 71 heavy (non-hydrogen) atoms. The molecule has 0 aliphatic carbocycles. The van der Waals surface area contributed by atoms with Crippen LogP contribution in [0, 0.1) is 0 Å². The van der Waals surface area contributed by atoms with E-state index in [0.29, 0.717) is 0 Å². The second-order valence-electron chi connectivity index (χ2n) is 17.8. The number of hydrogen-bond acceptors (Lipinski definition) is 3. The Morgan fingerprint density at radius 3 is 0.690 bits per heavy atom. The quantitative estimate of drug-likeness (QED) is 0.121. The second kappa shape index (κ2) is 19.3. The van der Waals surface area contributed by atoms with Crippen molar-refractivity contribution in [3.63, 3.8) is 0 Å². The highest BCUT2D eigenvalue weighted by atomic mass is 15.2. The Balaban J connectivity index is 0.843. The van der Waals surface area contributed by atoms with E-state index in [2.05, 4.69) is 312 Å². The standard InChI is InChI=1S/C68H49N3/c1-6-16-50(17-7-1)51-30-38-64(39-31-51)69(65-40-32-52(33-41-65)54-26-28-58-48-67(44-36-56(58)46-54)70(60-18-8-2-9-19-60)61-20-10-3-11-21-61)66-42-34-53(35-43-66)55-27-29-59-49-68(45-37-57(59)47-55)71(62-22-12-4-13-23-62)63-24-14-5-15-25-63/h1-49H. The fraction of sp³-hybridized carbons (Fsp3) is 0. The van der Waals surface area contributed by atoms with Crippen molar-refractivity contribution in [2.75, 3.05) is 14.7 Å². The Bertz CT molecular complexity index is 3420. The summed E-state index contributed by atoms with van der Waals surface area (Å²) >= 11 is 0. The van der Waals surface area contributed by atoms with Crippen LogP contribution in [0.2, 0.25) is 0 Å². The zero-order valence-corrected chi connectivity index (χ0v) is 39.1. The maximum atomic E-state index is 2.35. The third-order valence-corrected chi connectivity index (χ3v) is 13.4. The van der Waals surface area contributed by atoms with Gasteiger partial charge in [-0.2, -0.15) is 0 Å². The van der Waals surface area contributed by atoms with E-state index in [4.69, 9.17) is 0 Å². The molecule has 0 N–H and O–H groups in total. The number of nitrogens with zero attached hydrogens (tertiary/aromatic N) is 3. The van der Waals surface area contributed by atoms with Gasteiger partial charge in [-0.15, -0.1) is 0 Å². The van der Waals surface area contributed by atoms with Crippen LogP contribution >= 0.6 is 0 Å². The SMILES string of the molecule is c1ccc(-c2ccc(N(c3ccc(-c4ccc5cc(N(c6ccccc6)c6ccccc6)ccc5c4)cc3)c3ccc(-c4ccc5cc(N(c6ccccc6)c6ccccc6)ccc5c4)cc3)cc2)cc1. The summed E-state index contributed by atoms with van der Waals surface area (Å²) in [5.74, 6) is 0. The highest BCUT2D eigenvalue weighted by molar-refractivity contribution is 5.94. The van der Waals surface area contributed by atoms with Crippen LogP contribution in [0.4, 0.5) is 51.2 Å². The molecule has 0 bridgehead atoms. The number of benzene rings is 12. The molecule has 0 saturated carbocycles. The normalized spacial score (nSPS) is 11.1. The van der Waals surface area contributed by atoms with Crippen molar-refractivity contribution in [2.24, 2.45) is 0 Å². The zero-order chi connectivity index (χ0) is 47.3. The van der Waals surface area contributed by atoms with Crippen molar-refractivity contribution >= 4 is 72.7 Å². The fourth-order valence-corrected chi connectivity index (χ4v) is 9.79. The molecule has 0 aliphatic rings. The minimum Gasteiger partial charge on any atom is -0.311 e. The molecule has 0 fully saturated rings. The van der Waals surface area contributed by atoms with Gasteiger partial charge in [-0.1, -0.05) is 176 Å². The molecule has 0 aromatic heterocycles. The molecule has 0 aliphatic heterocycles. The van der Waals surface area contributed by atoms with Crippen LogP contribution in [0.3, 0.4) is 0 Å². The van der Waals surface area contributed by atoms with Crippen LogP contribution in [-0.4, -0.2) is 0 Å². The van der Waals surface area contributed by atoms with Crippen molar-refractivity contribution in [3.05, 3.63) is 297 Å². The molecular formula is C68H49N3. The first-order valence-corrected chi connectivity index (χ1v) is 24.2.